The summed E-state index contributed by atoms with van der Waals surface area (Å²) in [5.74, 6) is -1.53. The Morgan fingerprint density at radius 2 is 1.76 bits per heavy atom. The van der Waals surface area contributed by atoms with E-state index in [4.69, 9.17) is 23.7 Å². The van der Waals surface area contributed by atoms with Gasteiger partial charge < -0.3 is 29.0 Å². The van der Waals surface area contributed by atoms with E-state index in [-0.39, 0.29) is 43.4 Å². The number of rotatable bonds is 6. The summed E-state index contributed by atoms with van der Waals surface area (Å²) in [4.78, 5) is 54.5. The average Bonchev–Trinajstić information content (AvgIpc) is 2.92. The summed E-state index contributed by atoms with van der Waals surface area (Å²) < 4.78 is 28.2. The Morgan fingerprint density at radius 3 is 2.36 bits per heavy atom. The summed E-state index contributed by atoms with van der Waals surface area (Å²) in [5.41, 5.74) is 0.273. The molecule has 0 aliphatic carbocycles. The lowest BCUT2D eigenvalue weighted by atomic mass is 10.0. The molecule has 42 heavy (non-hydrogen) atoms. The summed E-state index contributed by atoms with van der Waals surface area (Å²) in [6.45, 7) is 8.47. The minimum Gasteiger partial charge on any atom is -0.493 e. The Bertz CT molecular complexity index is 1270. The van der Waals surface area contributed by atoms with E-state index >= 15 is 0 Å². The third-order valence-electron chi connectivity index (χ3n) is 6.30. The van der Waals surface area contributed by atoms with Crippen LogP contribution in [0.15, 0.2) is 42.5 Å². The van der Waals surface area contributed by atoms with Gasteiger partial charge >= 0.3 is 18.0 Å². The van der Waals surface area contributed by atoms with Gasteiger partial charge in [-0.2, -0.15) is 0 Å². The molecule has 0 saturated carbocycles. The number of esters is 2. The van der Waals surface area contributed by atoms with Gasteiger partial charge in [-0.05, 0) is 58.7 Å². The van der Waals surface area contributed by atoms with Gasteiger partial charge in [-0.15, -0.1) is 0 Å². The molecule has 1 N–H and O–H groups in total. The number of carbonyl (C=O) groups is 4. The Labute approximate surface area is 246 Å². The summed E-state index contributed by atoms with van der Waals surface area (Å²) >= 11 is 0. The second kappa shape index (κ2) is 14.1. The van der Waals surface area contributed by atoms with E-state index in [1.54, 1.807) is 46.8 Å². The molecule has 1 aliphatic rings. The van der Waals surface area contributed by atoms with Crippen molar-refractivity contribution < 1.29 is 42.9 Å². The minimum absolute atomic E-state index is 0.00175. The van der Waals surface area contributed by atoms with Crippen molar-refractivity contribution in [1.29, 1.82) is 0 Å². The van der Waals surface area contributed by atoms with Crippen molar-refractivity contribution in [2.45, 2.75) is 84.2 Å². The highest BCUT2D eigenvalue weighted by atomic mass is 16.6. The zero-order valence-corrected chi connectivity index (χ0v) is 25.2. The monoisotopic (exact) mass is 584 g/mol. The molecule has 2 aromatic carbocycles. The predicted octanol–water partition coefficient (Wildman–Crippen LogP) is 4.19. The van der Waals surface area contributed by atoms with Gasteiger partial charge in [0.25, 0.3) is 0 Å². The van der Waals surface area contributed by atoms with Gasteiger partial charge in [-0.1, -0.05) is 30.3 Å². The fraction of sp³-hybridized carbons (Fsp3) is 0.484. The van der Waals surface area contributed by atoms with Gasteiger partial charge in [0.1, 0.15) is 17.7 Å². The number of carbonyl (C=O) groups excluding carboxylic acids is 4. The van der Waals surface area contributed by atoms with Crippen LogP contribution >= 0.6 is 0 Å². The SMILES string of the molecule is COC(=O)[C@@H]1CCC(=O)N[C@@H](Cc2ccccc2)C(=O)Oc2c(ccc(OC)c2OC(C)C)CN1C(=O)OC(C)(C)C. The van der Waals surface area contributed by atoms with Gasteiger partial charge in [0, 0.05) is 18.4 Å². The predicted molar refractivity (Wildman–Crippen MR) is 153 cm³/mol. The van der Waals surface area contributed by atoms with E-state index in [0.29, 0.717) is 11.3 Å². The molecule has 228 valence electrons. The Morgan fingerprint density at radius 1 is 1.07 bits per heavy atom. The maximum Gasteiger partial charge on any atom is 0.411 e. The number of ether oxygens (including phenoxy) is 5. The Hall–Kier alpha value is -4.28. The average molecular weight is 585 g/mol. The highest BCUT2D eigenvalue weighted by Crippen LogP contribution is 2.42. The molecule has 1 heterocycles. The van der Waals surface area contributed by atoms with Gasteiger partial charge in [-0.25, -0.2) is 14.4 Å². The normalized spacial score (nSPS) is 18.0. The lowest BCUT2D eigenvalue weighted by Gasteiger charge is -2.33. The molecule has 2 amide bonds. The number of amides is 2. The van der Waals surface area contributed by atoms with Crippen LogP contribution in [0.3, 0.4) is 0 Å². The number of nitrogens with one attached hydrogen (secondary N) is 1. The van der Waals surface area contributed by atoms with Crippen LogP contribution in [0.2, 0.25) is 0 Å². The summed E-state index contributed by atoms with van der Waals surface area (Å²) in [6.07, 6.45) is -1.23. The van der Waals surface area contributed by atoms with Crippen LogP contribution in [0.4, 0.5) is 4.79 Å². The molecule has 1 aliphatic heterocycles. The smallest absolute Gasteiger partial charge is 0.411 e. The zero-order valence-electron chi connectivity index (χ0n) is 25.2. The van der Waals surface area contributed by atoms with Crippen molar-refractivity contribution in [2.24, 2.45) is 0 Å². The number of hydrogen-bond acceptors (Lipinski definition) is 9. The van der Waals surface area contributed by atoms with Crippen molar-refractivity contribution in [1.82, 2.24) is 10.2 Å². The van der Waals surface area contributed by atoms with E-state index in [0.717, 1.165) is 5.56 Å². The minimum atomic E-state index is -1.18. The molecular formula is C31H40N2O9. The molecule has 0 saturated heterocycles. The van der Waals surface area contributed by atoms with Crippen LogP contribution in [0, 0.1) is 0 Å². The quantitative estimate of drug-likeness (QED) is 0.392. The molecule has 0 bridgehead atoms. The highest BCUT2D eigenvalue weighted by Gasteiger charge is 2.37. The van der Waals surface area contributed by atoms with Gasteiger partial charge in [-0.3, -0.25) is 9.69 Å². The summed E-state index contributed by atoms with van der Waals surface area (Å²) in [7, 11) is 2.65. The number of benzene rings is 2. The van der Waals surface area contributed by atoms with E-state index in [2.05, 4.69) is 5.32 Å². The van der Waals surface area contributed by atoms with Crippen LogP contribution in [-0.4, -0.2) is 66.8 Å². The van der Waals surface area contributed by atoms with E-state index < -0.39 is 41.6 Å². The number of fused-ring (bicyclic) bond motifs is 1. The molecular weight excluding hydrogens is 544 g/mol. The third-order valence-corrected chi connectivity index (χ3v) is 6.30. The first kappa shape index (κ1) is 32.2. The number of nitrogens with zero attached hydrogens (tertiary/aromatic N) is 1. The van der Waals surface area contributed by atoms with Crippen molar-refractivity contribution in [3.8, 4) is 17.2 Å². The Balaban J connectivity index is 2.20. The molecule has 3 rings (SSSR count). The van der Waals surface area contributed by atoms with Crippen LogP contribution in [0.5, 0.6) is 17.2 Å². The summed E-state index contributed by atoms with van der Waals surface area (Å²) in [6, 6.07) is 10.2. The topological polar surface area (TPSA) is 130 Å². The first-order chi connectivity index (χ1) is 19.8. The van der Waals surface area contributed by atoms with Crippen molar-refractivity contribution in [3.05, 3.63) is 53.6 Å². The fourth-order valence-electron chi connectivity index (χ4n) is 4.42. The number of methoxy groups -OCH3 is 2. The molecule has 0 aromatic heterocycles. The van der Waals surface area contributed by atoms with E-state index in [1.165, 1.54) is 19.1 Å². The van der Waals surface area contributed by atoms with Gasteiger partial charge in [0.05, 0.1) is 26.9 Å². The molecule has 0 spiro atoms. The molecule has 2 atom stereocenters. The zero-order chi connectivity index (χ0) is 31.0. The molecule has 0 radical (unpaired) electrons. The first-order valence-corrected chi connectivity index (χ1v) is 13.8. The molecule has 11 nitrogen and oxygen atoms in total. The second-order valence-corrected chi connectivity index (χ2v) is 11.2. The number of hydrogen-bond donors (Lipinski definition) is 1. The lowest BCUT2D eigenvalue weighted by Crippen LogP contribution is -2.49. The summed E-state index contributed by atoms with van der Waals surface area (Å²) in [5, 5.41) is 2.74. The van der Waals surface area contributed by atoms with Crippen molar-refractivity contribution in [2.75, 3.05) is 14.2 Å². The van der Waals surface area contributed by atoms with Crippen LogP contribution < -0.4 is 19.5 Å². The van der Waals surface area contributed by atoms with Crippen LogP contribution in [0.25, 0.3) is 0 Å². The maximum atomic E-state index is 13.7. The van der Waals surface area contributed by atoms with Crippen molar-refractivity contribution >= 4 is 23.9 Å². The Kier molecular flexibility index (Phi) is 10.8. The van der Waals surface area contributed by atoms with E-state index in [1.807, 2.05) is 30.3 Å². The van der Waals surface area contributed by atoms with Gasteiger partial charge in [0.15, 0.2) is 11.5 Å². The maximum absolute atomic E-state index is 13.7. The highest BCUT2D eigenvalue weighted by molar-refractivity contribution is 5.88. The lowest BCUT2D eigenvalue weighted by molar-refractivity contribution is -0.148. The first-order valence-electron chi connectivity index (χ1n) is 13.8. The van der Waals surface area contributed by atoms with Crippen molar-refractivity contribution in [3.63, 3.8) is 0 Å². The molecule has 0 unspecified atom stereocenters. The molecule has 11 heteroatoms. The van der Waals surface area contributed by atoms with Crippen LogP contribution in [0.1, 0.15) is 58.6 Å². The largest absolute Gasteiger partial charge is 0.493 e. The van der Waals surface area contributed by atoms with E-state index in [9.17, 15) is 19.2 Å². The molecule has 2 aromatic rings. The second-order valence-electron chi connectivity index (χ2n) is 11.2. The molecule has 0 fully saturated rings. The van der Waals surface area contributed by atoms with Crippen LogP contribution in [-0.2, 0) is 36.8 Å². The standard InChI is InChI=1S/C31H40N2O9/c1-19(2)40-27-24(38-6)15-13-21-18-33(30(37)42-31(3,4)5)23(29(36)39-7)14-16-25(34)32-22(28(35)41-26(21)27)17-20-11-9-8-10-12-20/h8-13,15,19,22-23H,14,16-18H2,1-7H3,(H,32,34)/t22-,23-/m0/s1. The van der Waals surface area contributed by atoms with Gasteiger partial charge in [0.2, 0.25) is 11.7 Å². The third kappa shape index (κ3) is 8.61. The fourth-order valence-corrected chi connectivity index (χ4v) is 4.42.